The summed E-state index contributed by atoms with van der Waals surface area (Å²) in [6.45, 7) is 1.89. The molecule has 0 atom stereocenters. The molecule has 2 N–H and O–H groups in total. The molecule has 0 unspecified atom stereocenters. The van der Waals surface area contributed by atoms with Gasteiger partial charge in [0.2, 0.25) is 5.91 Å². The molecule has 26 heavy (non-hydrogen) atoms. The molecule has 0 aliphatic carbocycles. The Morgan fingerprint density at radius 2 is 2.04 bits per heavy atom. The summed E-state index contributed by atoms with van der Waals surface area (Å²) < 4.78 is 6.46. The van der Waals surface area contributed by atoms with Gasteiger partial charge in [0.1, 0.15) is 11.3 Å². The molecule has 0 bridgehead atoms. The van der Waals surface area contributed by atoms with E-state index in [1.807, 2.05) is 18.2 Å². The van der Waals surface area contributed by atoms with Gasteiger partial charge in [0.15, 0.2) is 5.82 Å². The van der Waals surface area contributed by atoms with E-state index in [1.54, 1.807) is 19.1 Å². The highest BCUT2D eigenvalue weighted by atomic mass is 16.5. The number of esters is 1. The first-order valence-electron chi connectivity index (χ1n) is 8.07. The van der Waals surface area contributed by atoms with Crippen molar-refractivity contribution in [3.05, 3.63) is 42.1 Å². The summed E-state index contributed by atoms with van der Waals surface area (Å²) in [5, 5.41) is 10.6. The van der Waals surface area contributed by atoms with Crippen molar-refractivity contribution in [2.75, 3.05) is 11.9 Å². The zero-order valence-corrected chi connectivity index (χ0v) is 14.1. The van der Waals surface area contributed by atoms with Gasteiger partial charge in [-0.2, -0.15) is 10.2 Å². The van der Waals surface area contributed by atoms with E-state index >= 15 is 0 Å². The number of para-hydroxylation sites is 1. The molecule has 0 radical (unpaired) electrons. The van der Waals surface area contributed by atoms with Crippen molar-refractivity contribution >= 4 is 29.3 Å². The highest BCUT2D eigenvalue weighted by Crippen LogP contribution is 2.21. The van der Waals surface area contributed by atoms with Crippen LogP contribution in [0.15, 0.2) is 41.6 Å². The zero-order chi connectivity index (χ0) is 18.5. The third kappa shape index (κ3) is 3.61. The lowest BCUT2D eigenvalue weighted by Gasteiger charge is -2.14. The van der Waals surface area contributed by atoms with Gasteiger partial charge in [-0.05, 0) is 19.1 Å². The minimum absolute atomic E-state index is 0.129. The number of nitrogens with one attached hydrogen (secondary N) is 2. The third-order valence-corrected chi connectivity index (χ3v) is 3.66. The van der Waals surface area contributed by atoms with Gasteiger partial charge in [-0.3, -0.25) is 9.59 Å². The Morgan fingerprint density at radius 3 is 2.69 bits per heavy atom. The lowest BCUT2D eigenvalue weighted by molar-refractivity contribution is -0.121. The quantitative estimate of drug-likeness (QED) is 0.784. The Hall–Kier alpha value is -3.49. The predicted molar refractivity (Wildman–Crippen MR) is 93.0 cm³/mol. The van der Waals surface area contributed by atoms with E-state index in [0.29, 0.717) is 5.69 Å². The Kier molecular flexibility index (Phi) is 5.07. The molecule has 0 saturated heterocycles. The lowest BCUT2D eigenvalue weighted by Crippen LogP contribution is -2.33. The zero-order valence-electron chi connectivity index (χ0n) is 14.1. The second-order valence-corrected chi connectivity index (χ2v) is 5.42. The second kappa shape index (κ2) is 7.60. The number of carbonyl (C=O) groups is 3. The van der Waals surface area contributed by atoms with E-state index < -0.39 is 11.9 Å². The molecule has 9 nitrogen and oxygen atoms in total. The number of aromatic nitrogens is 2. The van der Waals surface area contributed by atoms with Gasteiger partial charge in [-0.25, -0.2) is 14.9 Å². The summed E-state index contributed by atoms with van der Waals surface area (Å²) in [5.74, 6) is -1.18. The van der Waals surface area contributed by atoms with E-state index in [4.69, 9.17) is 4.74 Å². The van der Waals surface area contributed by atoms with Crippen LogP contribution in [0.4, 0.5) is 5.82 Å². The van der Waals surface area contributed by atoms with Gasteiger partial charge in [0.25, 0.3) is 5.91 Å². The predicted octanol–water partition coefficient (Wildman–Crippen LogP) is 1.25. The van der Waals surface area contributed by atoms with Crippen LogP contribution in [0.2, 0.25) is 0 Å². The molecule has 134 valence electrons. The van der Waals surface area contributed by atoms with Crippen LogP contribution < -0.4 is 10.7 Å². The number of ether oxygens (including phenoxy) is 1. The van der Waals surface area contributed by atoms with Gasteiger partial charge >= 0.3 is 5.97 Å². The summed E-state index contributed by atoms with van der Waals surface area (Å²) in [6.07, 6.45) is 1.73. The Balaban J connectivity index is 1.95. The highest BCUT2D eigenvalue weighted by molar-refractivity contribution is 6.43. The van der Waals surface area contributed by atoms with Crippen LogP contribution in [0.1, 0.15) is 30.1 Å². The van der Waals surface area contributed by atoms with Gasteiger partial charge in [0.05, 0.1) is 18.5 Å². The molecule has 1 aromatic heterocycles. The number of anilines is 1. The molecule has 0 fully saturated rings. The Morgan fingerprint density at radius 1 is 1.27 bits per heavy atom. The van der Waals surface area contributed by atoms with E-state index in [0.717, 1.165) is 0 Å². The number of hydrogen-bond acceptors (Lipinski definition) is 6. The SMILES string of the molecule is CCOC(=O)c1cnn(-c2ccccc2)c1NC(=O)C1=NNC(=O)CC1. The topological polar surface area (TPSA) is 115 Å². The number of amides is 2. The number of rotatable bonds is 5. The van der Waals surface area contributed by atoms with Crippen molar-refractivity contribution in [2.24, 2.45) is 5.10 Å². The van der Waals surface area contributed by atoms with Gasteiger partial charge in [-0.1, -0.05) is 18.2 Å². The normalized spacial score (nSPS) is 13.6. The second-order valence-electron chi connectivity index (χ2n) is 5.42. The summed E-state index contributed by atoms with van der Waals surface area (Å²) in [6, 6.07) is 9.05. The average Bonchev–Trinajstić information content (AvgIpc) is 3.07. The molecule has 2 heterocycles. The summed E-state index contributed by atoms with van der Waals surface area (Å²) in [5.41, 5.74) is 3.23. The highest BCUT2D eigenvalue weighted by Gasteiger charge is 2.24. The number of nitrogens with zero attached hydrogens (tertiary/aromatic N) is 3. The van der Waals surface area contributed by atoms with Crippen LogP contribution in [0.3, 0.4) is 0 Å². The molecule has 9 heteroatoms. The van der Waals surface area contributed by atoms with Crippen molar-refractivity contribution in [3.63, 3.8) is 0 Å². The van der Waals surface area contributed by atoms with E-state index in [9.17, 15) is 14.4 Å². The molecular formula is C17H17N5O4. The maximum atomic E-state index is 12.5. The molecule has 1 aromatic carbocycles. The third-order valence-electron chi connectivity index (χ3n) is 3.66. The molecular weight excluding hydrogens is 338 g/mol. The number of hydrogen-bond donors (Lipinski definition) is 2. The summed E-state index contributed by atoms with van der Waals surface area (Å²) in [4.78, 5) is 35.9. The van der Waals surface area contributed by atoms with Crippen molar-refractivity contribution < 1.29 is 19.1 Å². The monoisotopic (exact) mass is 355 g/mol. The maximum absolute atomic E-state index is 12.5. The van der Waals surface area contributed by atoms with Gasteiger partial charge in [-0.15, -0.1) is 0 Å². The fraction of sp³-hybridized carbons (Fsp3) is 0.235. The molecule has 2 amide bonds. The van der Waals surface area contributed by atoms with Crippen LogP contribution in [0.25, 0.3) is 5.69 Å². The van der Waals surface area contributed by atoms with Crippen molar-refractivity contribution in [1.29, 1.82) is 0 Å². The first-order valence-corrected chi connectivity index (χ1v) is 8.07. The largest absolute Gasteiger partial charge is 0.462 e. The minimum atomic E-state index is -0.594. The molecule has 0 saturated carbocycles. The van der Waals surface area contributed by atoms with Crippen LogP contribution in [0.5, 0.6) is 0 Å². The minimum Gasteiger partial charge on any atom is -0.462 e. The van der Waals surface area contributed by atoms with Crippen molar-refractivity contribution in [1.82, 2.24) is 15.2 Å². The van der Waals surface area contributed by atoms with Gasteiger partial charge < -0.3 is 10.1 Å². The molecule has 3 rings (SSSR count). The fourth-order valence-corrected chi connectivity index (χ4v) is 2.41. The number of benzene rings is 1. The summed E-state index contributed by atoms with van der Waals surface area (Å²) in [7, 11) is 0. The van der Waals surface area contributed by atoms with E-state index in [1.165, 1.54) is 10.9 Å². The first kappa shape index (κ1) is 17.3. The molecule has 1 aliphatic heterocycles. The Bertz CT molecular complexity index is 873. The fourth-order valence-electron chi connectivity index (χ4n) is 2.41. The van der Waals surface area contributed by atoms with Crippen molar-refractivity contribution in [3.8, 4) is 5.69 Å². The smallest absolute Gasteiger partial charge is 0.343 e. The standard InChI is InChI=1S/C17H17N5O4/c1-2-26-17(25)12-10-18-22(11-6-4-3-5-7-11)15(12)19-16(24)13-8-9-14(23)21-20-13/h3-7,10H,2,8-9H2,1H3,(H,19,24)(H,21,23). The lowest BCUT2D eigenvalue weighted by atomic mass is 10.1. The Labute approximate surface area is 149 Å². The average molecular weight is 355 g/mol. The van der Waals surface area contributed by atoms with Crippen LogP contribution >= 0.6 is 0 Å². The van der Waals surface area contributed by atoms with E-state index in [2.05, 4.69) is 20.9 Å². The van der Waals surface area contributed by atoms with E-state index in [-0.39, 0.29) is 42.4 Å². The van der Waals surface area contributed by atoms with Crippen LogP contribution in [-0.2, 0) is 14.3 Å². The number of carbonyl (C=O) groups excluding carboxylic acids is 3. The van der Waals surface area contributed by atoms with Crippen LogP contribution in [0, 0.1) is 0 Å². The summed E-state index contributed by atoms with van der Waals surface area (Å²) >= 11 is 0. The maximum Gasteiger partial charge on any atom is 0.343 e. The molecule has 1 aliphatic rings. The molecule has 2 aromatic rings. The number of hydrazone groups is 1. The van der Waals surface area contributed by atoms with Gasteiger partial charge in [0, 0.05) is 12.8 Å². The van der Waals surface area contributed by atoms with Crippen molar-refractivity contribution in [2.45, 2.75) is 19.8 Å². The first-order chi connectivity index (χ1) is 12.6. The molecule has 0 spiro atoms. The van der Waals surface area contributed by atoms with Crippen LogP contribution in [-0.4, -0.2) is 39.9 Å².